The van der Waals surface area contributed by atoms with E-state index in [1.165, 1.54) is 14.2 Å². The normalized spacial score (nSPS) is 11.7. The molecule has 5 nitrogen and oxygen atoms in total. The first-order valence-corrected chi connectivity index (χ1v) is 5.52. The van der Waals surface area contributed by atoms with Gasteiger partial charge >= 0.3 is 11.9 Å². The summed E-state index contributed by atoms with van der Waals surface area (Å²) < 4.78 is 9.78. The first kappa shape index (κ1) is 14.0. The summed E-state index contributed by atoms with van der Waals surface area (Å²) in [6, 6.07) is 6.98. The van der Waals surface area contributed by atoms with E-state index in [1.54, 1.807) is 24.3 Å². The lowest BCUT2D eigenvalue weighted by molar-refractivity contribution is -0.143. The van der Waals surface area contributed by atoms with Gasteiger partial charge in [0.15, 0.2) is 0 Å². The van der Waals surface area contributed by atoms with Crippen molar-refractivity contribution in [3.05, 3.63) is 29.8 Å². The van der Waals surface area contributed by atoms with Crippen LogP contribution in [0.2, 0.25) is 0 Å². The molecule has 1 aromatic carbocycles. The Balaban J connectivity index is 2.93. The number of carbonyl (C=O) groups is 2. The second-order valence-electron chi connectivity index (χ2n) is 3.78. The average molecular weight is 252 g/mol. The molecule has 0 aliphatic rings. The fourth-order valence-corrected chi connectivity index (χ4v) is 1.69. The molecule has 18 heavy (non-hydrogen) atoms. The van der Waals surface area contributed by atoms with Crippen LogP contribution in [0.1, 0.15) is 24.3 Å². The molecule has 98 valence electrons. The molecule has 0 heterocycles. The molecule has 0 saturated carbocycles. The molecule has 0 aliphatic carbocycles. The van der Waals surface area contributed by atoms with E-state index < -0.39 is 17.9 Å². The van der Waals surface area contributed by atoms with Crippen LogP contribution in [-0.4, -0.2) is 31.3 Å². The molecule has 0 aromatic heterocycles. The summed E-state index contributed by atoms with van der Waals surface area (Å²) in [6.07, 6.45) is 0.117. The van der Waals surface area contributed by atoms with Gasteiger partial charge in [-0.2, -0.15) is 0 Å². The predicted molar refractivity (Wildman–Crippen MR) is 64.6 cm³/mol. The van der Waals surface area contributed by atoms with Gasteiger partial charge in [-0.15, -0.1) is 0 Å². The molecule has 1 aromatic rings. The monoisotopic (exact) mass is 252 g/mol. The van der Waals surface area contributed by atoms with Crippen LogP contribution in [0.3, 0.4) is 0 Å². The van der Waals surface area contributed by atoms with Crippen molar-refractivity contribution in [2.24, 2.45) is 0 Å². The van der Waals surface area contributed by atoms with Gasteiger partial charge in [0.2, 0.25) is 0 Å². The standard InChI is InChI=1S/C13H16O5/c1-17-10-5-3-4-9(8-10)11(13(16)18-2)6-7-12(14)15/h3-5,8,11H,6-7H2,1-2H3,(H,14,15). The highest BCUT2D eigenvalue weighted by atomic mass is 16.5. The third-order valence-corrected chi connectivity index (χ3v) is 2.63. The highest BCUT2D eigenvalue weighted by Gasteiger charge is 2.22. The van der Waals surface area contributed by atoms with E-state index in [4.69, 9.17) is 14.6 Å². The van der Waals surface area contributed by atoms with E-state index in [0.29, 0.717) is 11.3 Å². The van der Waals surface area contributed by atoms with E-state index in [-0.39, 0.29) is 12.8 Å². The van der Waals surface area contributed by atoms with Gasteiger partial charge in [-0.25, -0.2) is 0 Å². The van der Waals surface area contributed by atoms with Crippen molar-refractivity contribution in [2.45, 2.75) is 18.8 Å². The number of hydrogen-bond donors (Lipinski definition) is 1. The Morgan fingerprint density at radius 2 is 2.06 bits per heavy atom. The van der Waals surface area contributed by atoms with E-state index in [9.17, 15) is 9.59 Å². The summed E-state index contributed by atoms with van der Waals surface area (Å²) in [5.41, 5.74) is 0.697. The Bertz CT molecular complexity index is 427. The third-order valence-electron chi connectivity index (χ3n) is 2.63. The molecule has 1 rings (SSSR count). The number of carbonyl (C=O) groups excluding carboxylic acids is 1. The maximum atomic E-state index is 11.7. The molecule has 0 spiro atoms. The number of aliphatic carboxylic acids is 1. The molecule has 0 radical (unpaired) electrons. The Morgan fingerprint density at radius 1 is 1.33 bits per heavy atom. The van der Waals surface area contributed by atoms with Crippen LogP contribution in [-0.2, 0) is 14.3 Å². The zero-order chi connectivity index (χ0) is 13.5. The lowest BCUT2D eigenvalue weighted by atomic mass is 9.94. The Kier molecular flexibility index (Phi) is 5.17. The molecule has 0 saturated heterocycles. The lowest BCUT2D eigenvalue weighted by Crippen LogP contribution is -2.15. The summed E-state index contributed by atoms with van der Waals surface area (Å²) in [5.74, 6) is -1.34. The number of esters is 1. The quantitative estimate of drug-likeness (QED) is 0.782. The van der Waals surface area contributed by atoms with Gasteiger partial charge in [-0.05, 0) is 24.1 Å². The highest BCUT2D eigenvalue weighted by Crippen LogP contribution is 2.26. The van der Waals surface area contributed by atoms with Crippen LogP contribution in [0.5, 0.6) is 5.75 Å². The van der Waals surface area contributed by atoms with Crippen molar-refractivity contribution < 1.29 is 24.2 Å². The van der Waals surface area contributed by atoms with Gasteiger partial charge in [0.1, 0.15) is 5.75 Å². The maximum Gasteiger partial charge on any atom is 0.313 e. The second kappa shape index (κ2) is 6.64. The average Bonchev–Trinajstić information content (AvgIpc) is 2.38. The molecule has 0 amide bonds. The van der Waals surface area contributed by atoms with Gasteiger partial charge in [0, 0.05) is 6.42 Å². The third kappa shape index (κ3) is 3.76. The number of carboxylic acids is 1. The summed E-state index contributed by atoms with van der Waals surface area (Å²) >= 11 is 0. The zero-order valence-electron chi connectivity index (χ0n) is 10.4. The van der Waals surface area contributed by atoms with Crippen LogP contribution in [0.15, 0.2) is 24.3 Å². The van der Waals surface area contributed by atoms with Gasteiger partial charge < -0.3 is 14.6 Å². The smallest absolute Gasteiger partial charge is 0.313 e. The zero-order valence-corrected chi connectivity index (χ0v) is 10.4. The van der Waals surface area contributed by atoms with Gasteiger partial charge in [-0.3, -0.25) is 9.59 Å². The van der Waals surface area contributed by atoms with Crippen LogP contribution in [0.4, 0.5) is 0 Å². The molecular weight excluding hydrogens is 236 g/mol. The topological polar surface area (TPSA) is 72.8 Å². The molecule has 0 bridgehead atoms. The van der Waals surface area contributed by atoms with Crippen LogP contribution in [0.25, 0.3) is 0 Å². The van der Waals surface area contributed by atoms with E-state index >= 15 is 0 Å². The Labute approximate surface area is 105 Å². The van der Waals surface area contributed by atoms with Crippen LogP contribution >= 0.6 is 0 Å². The largest absolute Gasteiger partial charge is 0.497 e. The van der Waals surface area contributed by atoms with E-state index in [2.05, 4.69) is 0 Å². The van der Waals surface area contributed by atoms with Crippen LogP contribution in [0, 0.1) is 0 Å². The molecule has 0 aliphatic heterocycles. The van der Waals surface area contributed by atoms with Crippen molar-refractivity contribution in [1.82, 2.24) is 0 Å². The molecule has 5 heteroatoms. The van der Waals surface area contributed by atoms with Crippen molar-refractivity contribution in [2.75, 3.05) is 14.2 Å². The van der Waals surface area contributed by atoms with Crippen molar-refractivity contribution >= 4 is 11.9 Å². The molecule has 0 fully saturated rings. The summed E-state index contributed by atoms with van der Waals surface area (Å²) in [4.78, 5) is 22.3. The van der Waals surface area contributed by atoms with Crippen molar-refractivity contribution in [1.29, 1.82) is 0 Å². The van der Waals surface area contributed by atoms with Crippen LogP contribution < -0.4 is 4.74 Å². The molecule has 1 atom stereocenters. The SMILES string of the molecule is COC(=O)C(CCC(=O)O)c1cccc(OC)c1. The number of methoxy groups -OCH3 is 2. The van der Waals surface area contributed by atoms with Crippen molar-refractivity contribution in [3.8, 4) is 5.75 Å². The minimum atomic E-state index is -0.938. The number of ether oxygens (including phenoxy) is 2. The summed E-state index contributed by atoms with van der Waals surface area (Å²) in [6.45, 7) is 0. The Hall–Kier alpha value is -2.04. The number of hydrogen-bond acceptors (Lipinski definition) is 4. The minimum absolute atomic E-state index is 0.0863. The second-order valence-corrected chi connectivity index (χ2v) is 3.78. The molecular formula is C13H16O5. The first-order chi connectivity index (χ1) is 8.58. The molecule has 1 unspecified atom stereocenters. The van der Waals surface area contributed by atoms with Gasteiger partial charge in [0.05, 0.1) is 20.1 Å². The summed E-state index contributed by atoms with van der Waals surface area (Å²) in [5, 5.41) is 8.69. The van der Waals surface area contributed by atoms with E-state index in [0.717, 1.165) is 0 Å². The summed E-state index contributed by atoms with van der Waals surface area (Å²) in [7, 11) is 2.82. The highest BCUT2D eigenvalue weighted by molar-refractivity contribution is 5.79. The van der Waals surface area contributed by atoms with Gasteiger partial charge in [0.25, 0.3) is 0 Å². The lowest BCUT2D eigenvalue weighted by Gasteiger charge is -2.14. The number of carboxylic acid groups (broad SMARTS) is 1. The number of benzene rings is 1. The first-order valence-electron chi connectivity index (χ1n) is 5.52. The van der Waals surface area contributed by atoms with E-state index in [1.807, 2.05) is 0 Å². The fourth-order valence-electron chi connectivity index (χ4n) is 1.69. The predicted octanol–water partition coefficient (Wildman–Crippen LogP) is 1.82. The maximum absolute atomic E-state index is 11.7. The Morgan fingerprint density at radius 3 is 2.61 bits per heavy atom. The molecule has 1 N–H and O–H groups in total. The fraction of sp³-hybridized carbons (Fsp3) is 0.385. The number of rotatable bonds is 6. The minimum Gasteiger partial charge on any atom is -0.497 e. The van der Waals surface area contributed by atoms with Crippen molar-refractivity contribution in [3.63, 3.8) is 0 Å². The van der Waals surface area contributed by atoms with Gasteiger partial charge in [-0.1, -0.05) is 12.1 Å².